The van der Waals surface area contributed by atoms with Crippen LogP contribution in [-0.4, -0.2) is 15.8 Å². The first-order valence-electron chi connectivity index (χ1n) is 6.01. The monoisotopic (exact) mass is 221 g/mol. The van der Waals surface area contributed by atoms with Crippen molar-refractivity contribution in [2.75, 3.05) is 5.32 Å². The summed E-state index contributed by atoms with van der Waals surface area (Å²) in [5, 5.41) is 7.76. The molecule has 0 aliphatic carbocycles. The summed E-state index contributed by atoms with van der Waals surface area (Å²) < 4.78 is 1.99. The standard InChI is InChI=1S/C13H23N3/c1-5-6-7-12(4)15-13-8-14-16(10-13)9-11(2)3/h5,8,10-12,15H,1,6-7,9H2,2-4H3. The molecule has 1 rings (SSSR count). The fourth-order valence-corrected chi connectivity index (χ4v) is 1.64. The van der Waals surface area contributed by atoms with E-state index in [9.17, 15) is 0 Å². The molecule has 0 aliphatic heterocycles. The van der Waals surface area contributed by atoms with E-state index in [4.69, 9.17) is 0 Å². The van der Waals surface area contributed by atoms with Crippen molar-refractivity contribution < 1.29 is 0 Å². The third kappa shape index (κ3) is 4.51. The Morgan fingerprint density at radius 3 is 2.88 bits per heavy atom. The molecule has 0 spiro atoms. The Morgan fingerprint density at radius 2 is 2.25 bits per heavy atom. The van der Waals surface area contributed by atoms with Crippen molar-refractivity contribution in [3.05, 3.63) is 25.0 Å². The van der Waals surface area contributed by atoms with Gasteiger partial charge in [0.1, 0.15) is 0 Å². The number of hydrogen-bond donors (Lipinski definition) is 1. The van der Waals surface area contributed by atoms with Crippen LogP contribution in [0.25, 0.3) is 0 Å². The van der Waals surface area contributed by atoms with Gasteiger partial charge in [0.05, 0.1) is 11.9 Å². The number of nitrogens with zero attached hydrogens (tertiary/aromatic N) is 2. The van der Waals surface area contributed by atoms with Crippen molar-refractivity contribution in [2.24, 2.45) is 5.92 Å². The molecule has 0 saturated carbocycles. The maximum atomic E-state index is 4.32. The fraction of sp³-hybridized carbons (Fsp3) is 0.615. The third-order valence-electron chi connectivity index (χ3n) is 2.40. The van der Waals surface area contributed by atoms with Crippen molar-refractivity contribution in [1.29, 1.82) is 0 Å². The van der Waals surface area contributed by atoms with Crippen LogP contribution in [-0.2, 0) is 6.54 Å². The van der Waals surface area contributed by atoms with Crippen LogP contribution in [0.3, 0.4) is 0 Å². The minimum Gasteiger partial charge on any atom is -0.380 e. The molecule has 1 atom stereocenters. The molecule has 0 fully saturated rings. The molecule has 90 valence electrons. The second kappa shape index (κ2) is 6.36. The van der Waals surface area contributed by atoms with Crippen LogP contribution in [0.1, 0.15) is 33.6 Å². The molecule has 0 aromatic carbocycles. The van der Waals surface area contributed by atoms with Gasteiger partial charge in [0.15, 0.2) is 0 Å². The van der Waals surface area contributed by atoms with Gasteiger partial charge in [-0.05, 0) is 25.7 Å². The van der Waals surface area contributed by atoms with Gasteiger partial charge in [-0.15, -0.1) is 6.58 Å². The molecule has 1 heterocycles. The average Bonchev–Trinajstić information content (AvgIpc) is 2.61. The quantitative estimate of drug-likeness (QED) is 0.716. The molecule has 0 aliphatic rings. The Labute approximate surface area is 98.5 Å². The number of aromatic nitrogens is 2. The predicted molar refractivity (Wildman–Crippen MR) is 69.6 cm³/mol. The molecule has 1 aromatic rings. The van der Waals surface area contributed by atoms with Gasteiger partial charge in [-0.25, -0.2) is 0 Å². The van der Waals surface area contributed by atoms with Gasteiger partial charge in [0, 0.05) is 18.8 Å². The lowest BCUT2D eigenvalue weighted by atomic mass is 10.2. The van der Waals surface area contributed by atoms with Crippen molar-refractivity contribution in [3.8, 4) is 0 Å². The van der Waals surface area contributed by atoms with E-state index in [0.717, 1.165) is 25.1 Å². The molecule has 0 amide bonds. The van der Waals surface area contributed by atoms with E-state index in [1.54, 1.807) is 0 Å². The van der Waals surface area contributed by atoms with E-state index in [1.165, 1.54) is 0 Å². The van der Waals surface area contributed by atoms with Gasteiger partial charge in [0.25, 0.3) is 0 Å². The Morgan fingerprint density at radius 1 is 1.50 bits per heavy atom. The van der Waals surface area contributed by atoms with E-state index in [1.807, 2.05) is 17.0 Å². The summed E-state index contributed by atoms with van der Waals surface area (Å²) >= 11 is 0. The largest absolute Gasteiger partial charge is 0.380 e. The lowest BCUT2D eigenvalue weighted by molar-refractivity contribution is 0.483. The van der Waals surface area contributed by atoms with Crippen LogP contribution in [0.2, 0.25) is 0 Å². The van der Waals surface area contributed by atoms with Crippen LogP contribution in [0.4, 0.5) is 5.69 Å². The van der Waals surface area contributed by atoms with E-state index in [0.29, 0.717) is 12.0 Å². The molecule has 0 radical (unpaired) electrons. The molecular formula is C13H23N3. The Balaban J connectivity index is 2.41. The van der Waals surface area contributed by atoms with Crippen molar-refractivity contribution in [3.63, 3.8) is 0 Å². The van der Waals surface area contributed by atoms with Crippen LogP contribution in [0.5, 0.6) is 0 Å². The lowest BCUT2D eigenvalue weighted by Crippen LogP contribution is -2.14. The maximum Gasteiger partial charge on any atom is 0.0728 e. The maximum absolute atomic E-state index is 4.32. The van der Waals surface area contributed by atoms with Gasteiger partial charge in [-0.2, -0.15) is 5.10 Å². The van der Waals surface area contributed by atoms with Crippen molar-refractivity contribution in [2.45, 2.75) is 46.2 Å². The molecule has 1 aromatic heterocycles. The van der Waals surface area contributed by atoms with Gasteiger partial charge in [-0.3, -0.25) is 4.68 Å². The molecule has 3 nitrogen and oxygen atoms in total. The fourth-order valence-electron chi connectivity index (χ4n) is 1.64. The lowest BCUT2D eigenvalue weighted by Gasteiger charge is -2.11. The summed E-state index contributed by atoms with van der Waals surface area (Å²) in [7, 11) is 0. The highest BCUT2D eigenvalue weighted by Gasteiger charge is 2.04. The predicted octanol–water partition coefficient (Wildman–Crippen LogP) is 3.31. The van der Waals surface area contributed by atoms with Crippen molar-refractivity contribution >= 4 is 5.69 Å². The number of hydrogen-bond acceptors (Lipinski definition) is 2. The first-order valence-corrected chi connectivity index (χ1v) is 6.01. The van der Waals surface area contributed by atoms with E-state index >= 15 is 0 Å². The number of nitrogens with one attached hydrogen (secondary N) is 1. The smallest absolute Gasteiger partial charge is 0.0728 e. The van der Waals surface area contributed by atoms with Crippen LogP contribution < -0.4 is 5.32 Å². The highest BCUT2D eigenvalue weighted by atomic mass is 15.3. The number of rotatable bonds is 7. The second-order valence-corrected chi connectivity index (χ2v) is 4.76. The summed E-state index contributed by atoms with van der Waals surface area (Å²) in [5.74, 6) is 0.630. The Kier molecular flexibility index (Phi) is 5.09. The zero-order chi connectivity index (χ0) is 12.0. The molecule has 0 bridgehead atoms. The summed E-state index contributed by atoms with van der Waals surface area (Å²) in [6.07, 6.45) is 8.09. The zero-order valence-electron chi connectivity index (χ0n) is 10.6. The van der Waals surface area contributed by atoms with E-state index < -0.39 is 0 Å². The normalized spacial score (nSPS) is 12.8. The van der Waals surface area contributed by atoms with Gasteiger partial charge < -0.3 is 5.32 Å². The third-order valence-corrected chi connectivity index (χ3v) is 2.40. The minimum absolute atomic E-state index is 0.467. The van der Waals surface area contributed by atoms with Gasteiger partial charge in [0.2, 0.25) is 0 Å². The van der Waals surface area contributed by atoms with Crippen LogP contribution in [0, 0.1) is 5.92 Å². The molecule has 0 saturated heterocycles. The highest BCUT2D eigenvalue weighted by molar-refractivity contribution is 5.39. The van der Waals surface area contributed by atoms with E-state index in [-0.39, 0.29) is 0 Å². The first-order chi connectivity index (χ1) is 7.61. The zero-order valence-corrected chi connectivity index (χ0v) is 10.6. The molecule has 1 N–H and O–H groups in total. The summed E-state index contributed by atoms with van der Waals surface area (Å²) in [4.78, 5) is 0. The van der Waals surface area contributed by atoms with E-state index in [2.05, 4.69) is 44.0 Å². The van der Waals surface area contributed by atoms with Crippen LogP contribution in [0.15, 0.2) is 25.0 Å². The van der Waals surface area contributed by atoms with Crippen LogP contribution >= 0.6 is 0 Å². The summed E-state index contributed by atoms with van der Waals surface area (Å²) in [6, 6.07) is 0.467. The molecule has 1 unspecified atom stereocenters. The molecular weight excluding hydrogens is 198 g/mol. The SMILES string of the molecule is C=CCCC(C)Nc1cnn(CC(C)C)c1. The topological polar surface area (TPSA) is 29.9 Å². The number of anilines is 1. The highest BCUT2D eigenvalue weighted by Crippen LogP contribution is 2.10. The van der Waals surface area contributed by atoms with Crippen molar-refractivity contribution in [1.82, 2.24) is 9.78 Å². The molecule has 16 heavy (non-hydrogen) atoms. The first kappa shape index (κ1) is 12.8. The van der Waals surface area contributed by atoms with Gasteiger partial charge >= 0.3 is 0 Å². The number of allylic oxidation sites excluding steroid dienone is 1. The Bertz CT molecular complexity index is 315. The summed E-state index contributed by atoms with van der Waals surface area (Å²) in [6.45, 7) is 11.3. The minimum atomic E-state index is 0.467. The van der Waals surface area contributed by atoms with Gasteiger partial charge in [-0.1, -0.05) is 19.9 Å². The second-order valence-electron chi connectivity index (χ2n) is 4.76. The Hall–Kier alpha value is -1.25. The molecule has 3 heteroatoms. The summed E-state index contributed by atoms with van der Waals surface area (Å²) in [5.41, 5.74) is 1.11. The average molecular weight is 221 g/mol.